The van der Waals surface area contributed by atoms with E-state index in [0.717, 1.165) is 24.2 Å². The van der Waals surface area contributed by atoms with Crippen LogP contribution in [0.5, 0.6) is 6.01 Å². The van der Waals surface area contributed by atoms with Crippen molar-refractivity contribution in [3.05, 3.63) is 52.1 Å². The summed E-state index contributed by atoms with van der Waals surface area (Å²) in [6.45, 7) is 3.17. The Morgan fingerprint density at radius 2 is 1.97 bits per heavy atom. The maximum absolute atomic E-state index is 13.3. The Labute approximate surface area is 167 Å². The van der Waals surface area contributed by atoms with Crippen molar-refractivity contribution in [1.82, 2.24) is 24.4 Å². The molecule has 3 aromatic rings. The highest BCUT2D eigenvalue weighted by atomic mass is 19.1. The zero-order valence-corrected chi connectivity index (χ0v) is 16.3. The Morgan fingerprint density at radius 3 is 2.66 bits per heavy atom. The van der Waals surface area contributed by atoms with Crippen LogP contribution in [0.4, 0.5) is 4.39 Å². The number of rotatable bonds is 8. The Bertz CT molecular complexity index is 1020. The average Bonchev–Trinajstić information content (AvgIpc) is 3.26. The van der Waals surface area contributed by atoms with Gasteiger partial charge in [0.1, 0.15) is 18.3 Å². The number of H-pyrrole nitrogens is 1. The van der Waals surface area contributed by atoms with Crippen LogP contribution in [-0.2, 0) is 17.8 Å². The molecule has 1 atom stereocenters. The highest BCUT2D eigenvalue weighted by Gasteiger charge is 2.21. The zero-order valence-electron chi connectivity index (χ0n) is 16.3. The van der Waals surface area contributed by atoms with Gasteiger partial charge in [-0.05, 0) is 17.5 Å². The van der Waals surface area contributed by atoms with E-state index in [1.54, 1.807) is 17.9 Å². The number of nitrogens with zero attached hydrogens (tertiary/aromatic N) is 4. The van der Waals surface area contributed by atoms with Crippen LogP contribution in [0.15, 0.2) is 35.3 Å². The fourth-order valence-electron chi connectivity index (χ4n) is 3.48. The van der Waals surface area contributed by atoms with Gasteiger partial charge in [-0.1, -0.05) is 24.3 Å². The lowest BCUT2D eigenvalue weighted by molar-refractivity contribution is 0.141. The first-order valence-electron chi connectivity index (χ1n) is 9.64. The molecule has 1 saturated heterocycles. The van der Waals surface area contributed by atoms with Gasteiger partial charge in [-0.2, -0.15) is 4.98 Å². The molecule has 8 nitrogen and oxygen atoms in total. The molecule has 9 heteroatoms. The largest absolute Gasteiger partial charge is 0.461 e. The predicted molar refractivity (Wildman–Crippen MR) is 106 cm³/mol. The third-order valence-corrected chi connectivity index (χ3v) is 4.99. The number of halogens is 1. The third-order valence-electron chi connectivity index (χ3n) is 4.99. The smallest absolute Gasteiger partial charge is 0.328 e. The van der Waals surface area contributed by atoms with E-state index < -0.39 is 6.17 Å². The second-order valence-corrected chi connectivity index (χ2v) is 7.18. The third kappa shape index (κ3) is 4.63. The van der Waals surface area contributed by atoms with E-state index in [4.69, 9.17) is 9.47 Å². The van der Waals surface area contributed by atoms with Crippen molar-refractivity contribution in [2.75, 3.05) is 33.4 Å². The highest BCUT2D eigenvalue weighted by molar-refractivity contribution is 5.69. The maximum Gasteiger partial charge on any atom is 0.328 e. The summed E-state index contributed by atoms with van der Waals surface area (Å²) >= 11 is 0. The van der Waals surface area contributed by atoms with E-state index in [1.807, 2.05) is 24.3 Å². The van der Waals surface area contributed by atoms with Crippen molar-refractivity contribution in [2.24, 2.45) is 0 Å². The Hall–Kier alpha value is -2.78. The van der Waals surface area contributed by atoms with Gasteiger partial charge in [0.05, 0.1) is 19.3 Å². The summed E-state index contributed by atoms with van der Waals surface area (Å²) in [5.74, 6) is 0. The van der Waals surface area contributed by atoms with Crippen LogP contribution < -0.4 is 10.4 Å². The number of hydrogen-bond acceptors (Lipinski definition) is 6. The van der Waals surface area contributed by atoms with Gasteiger partial charge in [0.25, 0.3) is 0 Å². The summed E-state index contributed by atoms with van der Waals surface area (Å²) in [7, 11) is 1.59. The molecule has 1 fully saturated rings. The molecule has 0 bridgehead atoms. The van der Waals surface area contributed by atoms with Gasteiger partial charge in [-0.3, -0.25) is 9.47 Å². The lowest BCUT2D eigenvalue weighted by Crippen LogP contribution is -2.20. The zero-order chi connectivity index (χ0) is 20.2. The predicted octanol–water partition coefficient (Wildman–Crippen LogP) is 1.74. The number of fused-ring (bicyclic) bond motifs is 1. The number of methoxy groups -OCH3 is 1. The molecule has 1 aliphatic rings. The normalized spacial score (nSPS) is 17.2. The summed E-state index contributed by atoms with van der Waals surface area (Å²) in [6.07, 6.45) is 1.44. The van der Waals surface area contributed by atoms with Crippen LogP contribution >= 0.6 is 0 Å². The van der Waals surface area contributed by atoms with Crippen LogP contribution in [-0.4, -0.2) is 64.0 Å². The molecule has 154 valence electrons. The summed E-state index contributed by atoms with van der Waals surface area (Å²) in [5, 5.41) is 0. The molecule has 0 spiro atoms. The molecular weight excluding hydrogens is 377 g/mol. The number of aromatic nitrogens is 4. The van der Waals surface area contributed by atoms with Crippen molar-refractivity contribution in [3.8, 4) is 6.01 Å². The van der Waals surface area contributed by atoms with Gasteiger partial charge in [0, 0.05) is 26.7 Å². The number of alkyl halides is 1. The minimum Gasteiger partial charge on any atom is -0.461 e. The van der Waals surface area contributed by atoms with Gasteiger partial charge in [0.15, 0.2) is 5.65 Å². The van der Waals surface area contributed by atoms with Crippen LogP contribution in [0.3, 0.4) is 0 Å². The molecular formula is C20H24FN5O3. The Balaban J connectivity index is 1.48. The second-order valence-electron chi connectivity index (χ2n) is 7.18. The quantitative estimate of drug-likeness (QED) is 0.579. The van der Waals surface area contributed by atoms with Gasteiger partial charge >= 0.3 is 11.7 Å². The minimum absolute atomic E-state index is 0.203. The summed E-state index contributed by atoms with van der Waals surface area (Å²) in [4.78, 5) is 25.7. The van der Waals surface area contributed by atoms with Crippen LogP contribution in [0, 0.1) is 0 Å². The lowest BCUT2D eigenvalue weighted by atomic mass is 10.1. The van der Waals surface area contributed by atoms with Crippen molar-refractivity contribution in [3.63, 3.8) is 0 Å². The van der Waals surface area contributed by atoms with Gasteiger partial charge in [-0.15, -0.1) is 0 Å². The van der Waals surface area contributed by atoms with Gasteiger partial charge < -0.3 is 14.5 Å². The van der Waals surface area contributed by atoms with E-state index >= 15 is 0 Å². The molecule has 0 radical (unpaired) electrons. The topological polar surface area (TPSA) is 85.3 Å². The molecule has 0 aliphatic carbocycles. The summed E-state index contributed by atoms with van der Waals surface area (Å²) in [6, 6.07) is 8.22. The number of imidazole rings is 1. The highest BCUT2D eigenvalue weighted by Crippen LogP contribution is 2.17. The fraction of sp³-hybridized carbons (Fsp3) is 0.450. The number of likely N-dealkylation sites (tertiary alicyclic amines) is 1. The number of aromatic amines is 1. The first-order valence-corrected chi connectivity index (χ1v) is 9.64. The standard InChI is InChI=1S/C20H24FN5O3/c1-28-8-9-29-19-22-10-17-18(24-19)26(20(27)23-17)12-15-4-2-14(3-5-15)11-25-7-6-16(21)13-25/h2-5,10,16H,6-9,11-13H2,1H3,(H,23,27)/t16-/m1/s1. The Kier molecular flexibility index (Phi) is 5.86. The number of benzene rings is 1. The molecule has 1 aromatic carbocycles. The van der Waals surface area contributed by atoms with E-state index in [2.05, 4.69) is 19.9 Å². The maximum atomic E-state index is 13.3. The number of hydrogen-bond donors (Lipinski definition) is 1. The van der Waals surface area contributed by atoms with Gasteiger partial charge in [-0.25, -0.2) is 14.2 Å². The van der Waals surface area contributed by atoms with Crippen LogP contribution in [0.1, 0.15) is 17.5 Å². The van der Waals surface area contributed by atoms with Crippen LogP contribution in [0.2, 0.25) is 0 Å². The van der Waals surface area contributed by atoms with Crippen molar-refractivity contribution >= 4 is 11.2 Å². The molecule has 4 rings (SSSR count). The first kappa shape index (κ1) is 19.5. The Morgan fingerprint density at radius 1 is 1.21 bits per heavy atom. The molecule has 2 aromatic heterocycles. The molecule has 1 N–H and O–H groups in total. The van der Waals surface area contributed by atoms with E-state index in [0.29, 0.717) is 43.9 Å². The van der Waals surface area contributed by atoms with E-state index in [-0.39, 0.29) is 11.7 Å². The van der Waals surface area contributed by atoms with Crippen molar-refractivity contribution in [2.45, 2.75) is 25.7 Å². The summed E-state index contributed by atoms with van der Waals surface area (Å²) in [5.41, 5.74) is 2.90. The molecule has 0 amide bonds. The van der Waals surface area contributed by atoms with Gasteiger partial charge in [0.2, 0.25) is 0 Å². The van der Waals surface area contributed by atoms with E-state index in [1.165, 1.54) is 0 Å². The SMILES string of the molecule is COCCOc1ncc2[nH]c(=O)n(Cc3ccc(CN4CC[C@@H](F)C4)cc3)c2n1. The first-order chi connectivity index (χ1) is 14.1. The minimum atomic E-state index is -0.714. The molecule has 1 aliphatic heterocycles. The summed E-state index contributed by atoms with van der Waals surface area (Å²) < 4.78 is 25.3. The van der Waals surface area contributed by atoms with Crippen molar-refractivity contribution in [1.29, 1.82) is 0 Å². The molecule has 3 heterocycles. The monoisotopic (exact) mass is 401 g/mol. The fourth-order valence-corrected chi connectivity index (χ4v) is 3.48. The number of ether oxygens (including phenoxy) is 2. The van der Waals surface area contributed by atoms with E-state index in [9.17, 15) is 9.18 Å². The molecule has 0 unspecified atom stereocenters. The average molecular weight is 401 g/mol. The van der Waals surface area contributed by atoms with Crippen molar-refractivity contribution < 1.29 is 13.9 Å². The van der Waals surface area contributed by atoms with Crippen LogP contribution in [0.25, 0.3) is 11.2 Å². The lowest BCUT2D eigenvalue weighted by Gasteiger charge is -2.14. The number of nitrogens with one attached hydrogen (secondary N) is 1. The molecule has 29 heavy (non-hydrogen) atoms. The second kappa shape index (κ2) is 8.71. The molecule has 0 saturated carbocycles.